The van der Waals surface area contributed by atoms with Gasteiger partial charge in [0, 0.05) is 12.0 Å². The van der Waals surface area contributed by atoms with Crippen LogP contribution >= 0.6 is 0 Å². The summed E-state index contributed by atoms with van der Waals surface area (Å²) in [4.78, 5) is -0.0987. The second-order valence-electron chi connectivity index (χ2n) is 3.31. The normalized spacial score (nSPS) is 11.4. The highest BCUT2D eigenvalue weighted by Gasteiger charge is 2.23. The molecule has 1 rings (SSSR count). The molecule has 5 nitrogen and oxygen atoms in total. The van der Waals surface area contributed by atoms with Crippen LogP contribution in [0.3, 0.4) is 0 Å². The van der Waals surface area contributed by atoms with Crippen LogP contribution in [-0.4, -0.2) is 32.1 Å². The average molecular weight is 243 g/mol. The van der Waals surface area contributed by atoms with Gasteiger partial charge in [0.1, 0.15) is 0 Å². The number of nitrogens with one attached hydrogen (secondary N) is 1. The lowest BCUT2D eigenvalue weighted by Crippen LogP contribution is -2.37. The Morgan fingerprint density at radius 1 is 1.31 bits per heavy atom. The van der Waals surface area contributed by atoms with Gasteiger partial charge in [-0.15, -0.1) is 0 Å². The summed E-state index contributed by atoms with van der Waals surface area (Å²) in [5.74, 6) is 0. The van der Waals surface area contributed by atoms with Crippen molar-refractivity contribution in [2.75, 3.05) is 6.54 Å². The lowest BCUT2D eigenvalue weighted by Gasteiger charge is -2.10. The lowest BCUT2D eigenvalue weighted by atomic mass is 9.80. The minimum Gasteiger partial charge on any atom is -0.423 e. The summed E-state index contributed by atoms with van der Waals surface area (Å²) in [5, 5.41) is 18.1. The van der Waals surface area contributed by atoms with Gasteiger partial charge in [-0.05, 0) is 12.5 Å². The molecule has 0 bridgehead atoms. The highest BCUT2D eigenvalue weighted by atomic mass is 32.2. The minimum atomic E-state index is -3.67. The van der Waals surface area contributed by atoms with Gasteiger partial charge < -0.3 is 10.0 Å². The molecule has 0 fully saturated rings. The van der Waals surface area contributed by atoms with Gasteiger partial charge >= 0.3 is 7.12 Å². The fourth-order valence-corrected chi connectivity index (χ4v) is 2.62. The molecule has 1 aromatic carbocycles. The lowest BCUT2D eigenvalue weighted by molar-refractivity contribution is 0.424. The third kappa shape index (κ3) is 3.05. The maximum atomic E-state index is 11.8. The van der Waals surface area contributed by atoms with E-state index in [0.29, 0.717) is 13.0 Å². The Labute approximate surface area is 95.3 Å². The van der Waals surface area contributed by atoms with E-state index < -0.39 is 17.1 Å². The zero-order valence-electron chi connectivity index (χ0n) is 8.92. The van der Waals surface area contributed by atoms with E-state index >= 15 is 0 Å². The molecule has 88 valence electrons. The van der Waals surface area contributed by atoms with Gasteiger partial charge in [-0.3, -0.25) is 0 Å². The molecule has 0 unspecified atom stereocenters. The molecular formula is C9H14BNO4S. The van der Waals surface area contributed by atoms with Crippen LogP contribution in [0.4, 0.5) is 0 Å². The zero-order valence-corrected chi connectivity index (χ0v) is 9.74. The Hall–Kier alpha value is -0.885. The van der Waals surface area contributed by atoms with Crippen molar-refractivity contribution >= 4 is 22.6 Å². The average Bonchev–Trinajstić information content (AvgIpc) is 2.26. The molecule has 1 aromatic rings. The molecule has 0 heterocycles. The van der Waals surface area contributed by atoms with E-state index in [-0.39, 0.29) is 10.4 Å². The number of hydrogen-bond acceptors (Lipinski definition) is 4. The summed E-state index contributed by atoms with van der Waals surface area (Å²) in [6.07, 6.45) is 0.670. The molecule has 16 heavy (non-hydrogen) atoms. The van der Waals surface area contributed by atoms with Crippen LogP contribution in [0.15, 0.2) is 29.2 Å². The van der Waals surface area contributed by atoms with Gasteiger partial charge in [0.15, 0.2) is 0 Å². The van der Waals surface area contributed by atoms with Crippen molar-refractivity contribution in [1.29, 1.82) is 0 Å². The molecular weight excluding hydrogens is 229 g/mol. The number of benzene rings is 1. The molecule has 7 heteroatoms. The summed E-state index contributed by atoms with van der Waals surface area (Å²) < 4.78 is 25.9. The van der Waals surface area contributed by atoms with Gasteiger partial charge in [0.25, 0.3) is 0 Å². The van der Waals surface area contributed by atoms with Crippen LogP contribution < -0.4 is 10.2 Å². The second-order valence-corrected chi connectivity index (χ2v) is 5.04. The molecule has 0 atom stereocenters. The van der Waals surface area contributed by atoms with Crippen LogP contribution in [0.25, 0.3) is 0 Å². The first-order chi connectivity index (χ1) is 7.49. The van der Waals surface area contributed by atoms with Gasteiger partial charge in [0.05, 0.1) is 4.90 Å². The molecule has 0 saturated heterocycles. The van der Waals surface area contributed by atoms with Crippen molar-refractivity contribution in [3.63, 3.8) is 0 Å². The SMILES string of the molecule is CCCNS(=O)(=O)c1ccccc1B(O)O. The van der Waals surface area contributed by atoms with E-state index in [1.165, 1.54) is 18.2 Å². The van der Waals surface area contributed by atoms with Gasteiger partial charge in [0.2, 0.25) is 10.0 Å². The predicted octanol–water partition coefficient (Wildman–Crippen LogP) is -0.945. The monoisotopic (exact) mass is 243 g/mol. The van der Waals surface area contributed by atoms with E-state index in [2.05, 4.69) is 4.72 Å². The van der Waals surface area contributed by atoms with Crippen molar-refractivity contribution in [3.05, 3.63) is 24.3 Å². The topological polar surface area (TPSA) is 86.6 Å². The van der Waals surface area contributed by atoms with Gasteiger partial charge in [-0.1, -0.05) is 25.1 Å². The molecule has 0 radical (unpaired) electrons. The molecule has 0 aromatic heterocycles. The van der Waals surface area contributed by atoms with E-state index in [1.807, 2.05) is 6.92 Å². The minimum absolute atomic E-state index is 0.0221. The van der Waals surface area contributed by atoms with E-state index in [0.717, 1.165) is 0 Å². The van der Waals surface area contributed by atoms with Crippen molar-refractivity contribution in [2.24, 2.45) is 0 Å². The Morgan fingerprint density at radius 2 is 1.94 bits per heavy atom. The van der Waals surface area contributed by atoms with Crippen LogP contribution in [0, 0.1) is 0 Å². The fraction of sp³-hybridized carbons (Fsp3) is 0.333. The van der Waals surface area contributed by atoms with Crippen molar-refractivity contribution in [2.45, 2.75) is 18.2 Å². The molecule has 3 N–H and O–H groups in total. The molecule has 0 saturated carbocycles. The summed E-state index contributed by atoms with van der Waals surface area (Å²) in [5.41, 5.74) is -0.0221. The Morgan fingerprint density at radius 3 is 2.50 bits per heavy atom. The smallest absolute Gasteiger partial charge is 0.423 e. The fourth-order valence-electron chi connectivity index (χ4n) is 1.25. The molecule has 0 aliphatic heterocycles. The Balaban J connectivity index is 3.12. The maximum Gasteiger partial charge on any atom is 0.489 e. The quantitative estimate of drug-likeness (QED) is 0.582. The second kappa shape index (κ2) is 5.45. The highest BCUT2D eigenvalue weighted by molar-refractivity contribution is 7.89. The predicted molar refractivity (Wildman–Crippen MR) is 61.7 cm³/mol. The number of sulfonamides is 1. The van der Waals surface area contributed by atoms with Gasteiger partial charge in [-0.2, -0.15) is 0 Å². The third-order valence-corrected chi connectivity index (χ3v) is 3.56. The molecule has 0 spiro atoms. The Kier molecular flexibility index (Phi) is 4.49. The van der Waals surface area contributed by atoms with E-state index in [4.69, 9.17) is 10.0 Å². The summed E-state index contributed by atoms with van der Waals surface area (Å²) in [6.45, 7) is 2.16. The first-order valence-corrected chi connectivity index (χ1v) is 6.42. The standard InChI is InChI=1S/C9H14BNO4S/c1-2-7-11-16(14,15)9-6-4-3-5-8(9)10(12)13/h3-6,11-13H,2,7H2,1H3. The largest absolute Gasteiger partial charge is 0.489 e. The van der Waals surface area contributed by atoms with Crippen molar-refractivity contribution in [1.82, 2.24) is 4.72 Å². The summed E-state index contributed by atoms with van der Waals surface area (Å²) in [6, 6.07) is 5.79. The van der Waals surface area contributed by atoms with E-state index in [9.17, 15) is 8.42 Å². The number of rotatable bonds is 5. The van der Waals surface area contributed by atoms with Crippen LogP contribution in [0.1, 0.15) is 13.3 Å². The van der Waals surface area contributed by atoms with Gasteiger partial charge in [-0.25, -0.2) is 13.1 Å². The third-order valence-electron chi connectivity index (χ3n) is 2.03. The zero-order chi connectivity index (χ0) is 12.2. The van der Waals surface area contributed by atoms with E-state index in [1.54, 1.807) is 6.07 Å². The highest BCUT2D eigenvalue weighted by Crippen LogP contribution is 2.05. The Bertz CT molecular complexity index is 447. The van der Waals surface area contributed by atoms with Crippen molar-refractivity contribution < 1.29 is 18.5 Å². The molecule has 0 aliphatic rings. The molecule has 0 amide bonds. The number of hydrogen-bond donors (Lipinski definition) is 3. The summed E-state index contributed by atoms with van der Waals surface area (Å²) in [7, 11) is -5.46. The van der Waals surface area contributed by atoms with Crippen LogP contribution in [-0.2, 0) is 10.0 Å². The summed E-state index contributed by atoms with van der Waals surface area (Å²) >= 11 is 0. The first-order valence-electron chi connectivity index (χ1n) is 4.93. The van der Waals surface area contributed by atoms with Crippen LogP contribution in [0.2, 0.25) is 0 Å². The van der Waals surface area contributed by atoms with Crippen molar-refractivity contribution in [3.8, 4) is 0 Å². The molecule has 0 aliphatic carbocycles. The first kappa shape index (κ1) is 13.2. The van der Waals surface area contributed by atoms with Crippen LogP contribution in [0.5, 0.6) is 0 Å². The maximum absolute atomic E-state index is 11.8.